The predicted octanol–water partition coefficient (Wildman–Crippen LogP) is 2.66. The Labute approximate surface area is 90.7 Å². The van der Waals surface area contributed by atoms with Crippen molar-refractivity contribution < 1.29 is 4.79 Å². The molecule has 1 aliphatic rings. The lowest BCUT2D eigenvalue weighted by Gasteiger charge is -2.34. The summed E-state index contributed by atoms with van der Waals surface area (Å²) in [6, 6.07) is 10.5. The summed E-state index contributed by atoms with van der Waals surface area (Å²) in [4.78, 5) is 11.2. The number of hydrogen-bond donors (Lipinski definition) is 1. The molecule has 15 heavy (non-hydrogen) atoms. The summed E-state index contributed by atoms with van der Waals surface area (Å²) in [5.74, 6) is 0.701. The zero-order valence-electron chi connectivity index (χ0n) is 9.07. The molecule has 0 aliphatic heterocycles. The van der Waals surface area contributed by atoms with Crippen molar-refractivity contribution in [2.75, 3.05) is 0 Å². The van der Waals surface area contributed by atoms with Crippen LogP contribution < -0.4 is 5.32 Å². The highest BCUT2D eigenvalue weighted by atomic mass is 16.1. The third-order valence-corrected chi connectivity index (χ3v) is 3.14. The maximum Gasteiger partial charge on any atom is 0.217 e. The van der Waals surface area contributed by atoms with Gasteiger partial charge < -0.3 is 5.32 Å². The predicted molar refractivity (Wildman–Crippen MR) is 60.3 cm³/mol. The van der Waals surface area contributed by atoms with E-state index in [1.807, 2.05) is 18.2 Å². The average Bonchev–Trinajstić information content (AvgIpc) is 2.15. The smallest absolute Gasteiger partial charge is 0.217 e. The van der Waals surface area contributed by atoms with E-state index in [1.54, 1.807) is 6.92 Å². The Morgan fingerprint density at radius 1 is 1.33 bits per heavy atom. The van der Waals surface area contributed by atoms with Crippen LogP contribution in [0.4, 0.5) is 0 Å². The highest BCUT2D eigenvalue weighted by Gasteiger charge is 2.28. The van der Waals surface area contributed by atoms with Gasteiger partial charge in [0, 0.05) is 6.92 Å². The van der Waals surface area contributed by atoms with Crippen molar-refractivity contribution >= 4 is 5.91 Å². The van der Waals surface area contributed by atoms with Gasteiger partial charge in [0.05, 0.1) is 6.04 Å². The summed E-state index contributed by atoms with van der Waals surface area (Å²) >= 11 is 0. The number of carbonyl (C=O) groups is 1. The minimum atomic E-state index is 0.0655. The summed E-state index contributed by atoms with van der Waals surface area (Å²) in [5, 5.41) is 3.06. The monoisotopic (exact) mass is 203 g/mol. The minimum Gasteiger partial charge on any atom is -0.349 e. The maximum absolute atomic E-state index is 11.2. The van der Waals surface area contributed by atoms with Gasteiger partial charge in [0.1, 0.15) is 0 Å². The van der Waals surface area contributed by atoms with E-state index in [2.05, 4.69) is 17.4 Å². The third-order valence-electron chi connectivity index (χ3n) is 3.14. The van der Waals surface area contributed by atoms with Gasteiger partial charge in [0.2, 0.25) is 5.91 Å². The van der Waals surface area contributed by atoms with E-state index < -0.39 is 0 Å². The average molecular weight is 203 g/mol. The summed E-state index contributed by atoms with van der Waals surface area (Å²) in [6.45, 7) is 1.59. The van der Waals surface area contributed by atoms with Crippen molar-refractivity contribution in [1.82, 2.24) is 5.32 Å². The largest absolute Gasteiger partial charge is 0.349 e. The van der Waals surface area contributed by atoms with Crippen LogP contribution in [0.25, 0.3) is 0 Å². The third kappa shape index (κ3) is 2.38. The van der Waals surface area contributed by atoms with Crippen LogP contribution in [-0.4, -0.2) is 5.91 Å². The topological polar surface area (TPSA) is 29.1 Å². The molecule has 2 heteroatoms. The molecule has 0 bridgehead atoms. The van der Waals surface area contributed by atoms with Crippen molar-refractivity contribution in [3.63, 3.8) is 0 Å². The van der Waals surface area contributed by atoms with Crippen molar-refractivity contribution in [2.45, 2.75) is 32.2 Å². The number of hydrogen-bond acceptors (Lipinski definition) is 1. The summed E-state index contributed by atoms with van der Waals surface area (Å²) in [6.07, 6.45) is 3.77. The first kappa shape index (κ1) is 10.2. The van der Waals surface area contributed by atoms with Crippen LogP contribution in [0.3, 0.4) is 0 Å². The standard InChI is InChI=1S/C13H17NO/c1-10(15)14-13(12-8-5-9-12)11-6-3-2-4-7-11/h2-4,6-7,12-13H,5,8-9H2,1H3,(H,14,15). The van der Waals surface area contributed by atoms with Crippen LogP contribution in [0.2, 0.25) is 0 Å². The second-order valence-corrected chi connectivity index (χ2v) is 4.28. The molecule has 1 aromatic rings. The summed E-state index contributed by atoms with van der Waals surface area (Å²) < 4.78 is 0. The molecule has 0 aromatic heterocycles. The quantitative estimate of drug-likeness (QED) is 0.804. The van der Waals surface area contributed by atoms with Gasteiger partial charge in [-0.2, -0.15) is 0 Å². The SMILES string of the molecule is CC(=O)NC(c1ccccc1)C1CCC1. The van der Waals surface area contributed by atoms with Gasteiger partial charge in [-0.15, -0.1) is 0 Å². The number of amides is 1. The molecular formula is C13H17NO. The van der Waals surface area contributed by atoms with Gasteiger partial charge in [-0.05, 0) is 24.3 Å². The first-order valence-electron chi connectivity index (χ1n) is 5.59. The van der Waals surface area contributed by atoms with Gasteiger partial charge in [0.25, 0.3) is 0 Å². The summed E-state index contributed by atoms with van der Waals surface area (Å²) in [5.41, 5.74) is 1.23. The highest BCUT2D eigenvalue weighted by molar-refractivity contribution is 5.73. The molecular weight excluding hydrogens is 186 g/mol. The van der Waals surface area contributed by atoms with E-state index in [-0.39, 0.29) is 11.9 Å². The molecule has 1 unspecified atom stereocenters. The normalized spacial score (nSPS) is 17.9. The zero-order valence-corrected chi connectivity index (χ0v) is 9.07. The van der Waals surface area contributed by atoms with Crippen LogP contribution in [-0.2, 0) is 4.79 Å². The van der Waals surface area contributed by atoms with E-state index >= 15 is 0 Å². The number of nitrogens with one attached hydrogen (secondary N) is 1. The first-order chi connectivity index (χ1) is 7.27. The van der Waals surface area contributed by atoms with Crippen LogP contribution in [0.5, 0.6) is 0 Å². The van der Waals surface area contributed by atoms with E-state index in [0.29, 0.717) is 5.92 Å². The molecule has 1 aliphatic carbocycles. The molecule has 2 nitrogen and oxygen atoms in total. The van der Waals surface area contributed by atoms with E-state index in [9.17, 15) is 4.79 Å². The molecule has 80 valence electrons. The van der Waals surface area contributed by atoms with Crippen LogP contribution in [0.1, 0.15) is 37.8 Å². The van der Waals surface area contributed by atoms with Crippen molar-refractivity contribution in [3.05, 3.63) is 35.9 Å². The first-order valence-corrected chi connectivity index (χ1v) is 5.59. The molecule has 1 N–H and O–H groups in total. The fraction of sp³-hybridized carbons (Fsp3) is 0.462. The molecule has 0 heterocycles. The Hall–Kier alpha value is -1.31. The molecule has 0 radical (unpaired) electrons. The number of benzene rings is 1. The van der Waals surface area contributed by atoms with E-state index in [1.165, 1.54) is 24.8 Å². The molecule has 0 saturated heterocycles. The van der Waals surface area contributed by atoms with Crippen LogP contribution >= 0.6 is 0 Å². The number of carbonyl (C=O) groups excluding carboxylic acids is 1. The van der Waals surface area contributed by atoms with Gasteiger partial charge in [0.15, 0.2) is 0 Å². The van der Waals surface area contributed by atoms with E-state index in [4.69, 9.17) is 0 Å². The van der Waals surface area contributed by atoms with Gasteiger partial charge in [-0.25, -0.2) is 0 Å². The molecule has 0 spiro atoms. The Morgan fingerprint density at radius 2 is 2.00 bits per heavy atom. The molecule has 1 aromatic carbocycles. The molecule has 1 fully saturated rings. The minimum absolute atomic E-state index is 0.0655. The molecule has 2 rings (SSSR count). The van der Waals surface area contributed by atoms with Gasteiger partial charge in [-0.3, -0.25) is 4.79 Å². The second kappa shape index (κ2) is 4.47. The zero-order chi connectivity index (χ0) is 10.7. The van der Waals surface area contributed by atoms with Crippen molar-refractivity contribution in [3.8, 4) is 0 Å². The van der Waals surface area contributed by atoms with Crippen molar-refractivity contribution in [2.24, 2.45) is 5.92 Å². The Kier molecular flexibility index (Phi) is 3.05. The lowest BCUT2D eigenvalue weighted by molar-refractivity contribution is -0.120. The van der Waals surface area contributed by atoms with E-state index in [0.717, 1.165) is 0 Å². The Balaban J connectivity index is 2.14. The van der Waals surface area contributed by atoms with Gasteiger partial charge >= 0.3 is 0 Å². The molecule has 1 saturated carbocycles. The van der Waals surface area contributed by atoms with Crippen LogP contribution in [0.15, 0.2) is 30.3 Å². The Morgan fingerprint density at radius 3 is 2.47 bits per heavy atom. The summed E-state index contributed by atoms with van der Waals surface area (Å²) in [7, 11) is 0. The maximum atomic E-state index is 11.2. The van der Waals surface area contributed by atoms with Crippen LogP contribution in [0, 0.1) is 5.92 Å². The fourth-order valence-electron chi connectivity index (χ4n) is 2.13. The molecule has 1 amide bonds. The fourth-order valence-corrected chi connectivity index (χ4v) is 2.13. The second-order valence-electron chi connectivity index (χ2n) is 4.28. The highest BCUT2D eigenvalue weighted by Crippen LogP contribution is 2.37. The lowest BCUT2D eigenvalue weighted by atomic mass is 9.77. The number of rotatable bonds is 3. The Bertz CT molecular complexity index is 330. The lowest BCUT2D eigenvalue weighted by Crippen LogP contribution is -2.34. The van der Waals surface area contributed by atoms with Gasteiger partial charge in [-0.1, -0.05) is 36.8 Å². The van der Waals surface area contributed by atoms with Crippen molar-refractivity contribution in [1.29, 1.82) is 0 Å². The molecule has 1 atom stereocenters.